The number of likely N-dealkylation sites (tertiary alicyclic amines) is 1. The number of nitrogens with zero attached hydrogens (tertiary/aromatic N) is 4. The maximum Gasteiger partial charge on any atom is 0.417 e. The van der Waals surface area contributed by atoms with Crippen molar-refractivity contribution in [1.82, 2.24) is 24.8 Å². The largest absolute Gasteiger partial charge is 0.490 e. The Morgan fingerprint density at radius 3 is 2.48 bits per heavy atom. The van der Waals surface area contributed by atoms with Gasteiger partial charge in [0.1, 0.15) is 17.5 Å². The highest BCUT2D eigenvalue weighted by molar-refractivity contribution is 5.83. The zero-order valence-corrected chi connectivity index (χ0v) is 27.1. The normalized spacial score (nSPS) is 20.0. The summed E-state index contributed by atoms with van der Waals surface area (Å²) in [7, 11) is 1.97. The molecule has 3 fully saturated rings. The van der Waals surface area contributed by atoms with E-state index in [1.165, 1.54) is 22.8 Å². The first-order valence-corrected chi connectivity index (χ1v) is 16.8. The van der Waals surface area contributed by atoms with Gasteiger partial charge in [-0.1, -0.05) is 12.1 Å². The van der Waals surface area contributed by atoms with Gasteiger partial charge in [-0.05, 0) is 118 Å². The fraction of sp³-hybridized carbons (Fsp3) is 0.472. The second-order valence-corrected chi connectivity index (χ2v) is 13.3. The van der Waals surface area contributed by atoms with Crippen molar-refractivity contribution in [3.63, 3.8) is 0 Å². The van der Waals surface area contributed by atoms with Crippen LogP contribution in [-0.2, 0) is 17.5 Å². The van der Waals surface area contributed by atoms with Gasteiger partial charge >= 0.3 is 6.18 Å². The van der Waals surface area contributed by atoms with Crippen molar-refractivity contribution in [2.24, 2.45) is 5.92 Å². The molecule has 3 aliphatic heterocycles. The molecule has 0 aliphatic carbocycles. The molecule has 3 saturated heterocycles. The van der Waals surface area contributed by atoms with Gasteiger partial charge in [-0.15, -0.1) is 0 Å². The molecule has 5 heterocycles. The number of nitrogens with one attached hydrogen (secondary N) is 2. The van der Waals surface area contributed by atoms with Crippen LogP contribution in [0.2, 0.25) is 0 Å². The fourth-order valence-corrected chi connectivity index (χ4v) is 7.11. The summed E-state index contributed by atoms with van der Waals surface area (Å²) in [5.41, 5.74) is 0.323. The number of anilines is 2. The Kier molecular flexibility index (Phi) is 9.39. The van der Waals surface area contributed by atoms with E-state index in [1.807, 2.05) is 31.3 Å². The van der Waals surface area contributed by atoms with Gasteiger partial charge in [0.25, 0.3) is 5.56 Å². The van der Waals surface area contributed by atoms with Gasteiger partial charge in [-0.2, -0.15) is 18.2 Å². The van der Waals surface area contributed by atoms with Crippen LogP contribution in [0.4, 0.5) is 24.8 Å². The molecule has 0 spiro atoms. The van der Waals surface area contributed by atoms with E-state index in [1.54, 1.807) is 12.3 Å². The lowest BCUT2D eigenvalue weighted by Crippen LogP contribution is -2.34. The van der Waals surface area contributed by atoms with Crippen LogP contribution in [0, 0.1) is 5.92 Å². The lowest BCUT2D eigenvalue weighted by Gasteiger charge is -2.24. The second kappa shape index (κ2) is 13.9. The number of fused-ring (bicyclic) bond motifs is 1. The Morgan fingerprint density at radius 1 is 1.00 bits per heavy atom. The quantitative estimate of drug-likeness (QED) is 0.231. The average Bonchev–Trinajstić information content (AvgIpc) is 3.53. The Bertz CT molecular complexity index is 1800. The van der Waals surface area contributed by atoms with E-state index in [0.29, 0.717) is 42.9 Å². The van der Waals surface area contributed by atoms with E-state index in [2.05, 4.69) is 20.5 Å². The third-order valence-electron chi connectivity index (χ3n) is 9.81. The first-order chi connectivity index (χ1) is 23.2. The predicted octanol–water partition coefficient (Wildman–Crippen LogP) is 6.20. The van der Waals surface area contributed by atoms with E-state index >= 15 is 0 Å². The Morgan fingerprint density at radius 2 is 1.77 bits per heavy atom. The number of likely N-dealkylation sites (N-methyl/N-ethyl adjacent to an activating group) is 1. The molecule has 2 N–H and O–H groups in total. The number of rotatable bonds is 8. The summed E-state index contributed by atoms with van der Waals surface area (Å²) in [6.45, 7) is 4.90. The van der Waals surface area contributed by atoms with E-state index in [9.17, 15) is 18.0 Å². The minimum Gasteiger partial charge on any atom is -0.490 e. The second-order valence-electron chi connectivity index (χ2n) is 13.3. The lowest BCUT2D eigenvalue weighted by atomic mass is 9.91. The highest BCUT2D eigenvalue weighted by Crippen LogP contribution is 2.40. The molecule has 12 heteroatoms. The van der Waals surface area contributed by atoms with Gasteiger partial charge < -0.3 is 25.0 Å². The van der Waals surface area contributed by atoms with Crippen LogP contribution >= 0.6 is 0 Å². The van der Waals surface area contributed by atoms with Gasteiger partial charge in [0, 0.05) is 49.1 Å². The summed E-state index contributed by atoms with van der Waals surface area (Å²) in [6.07, 6.45) is 1.33. The molecule has 4 aromatic rings. The Hall–Kier alpha value is -4.00. The molecule has 1 unspecified atom stereocenters. The lowest BCUT2D eigenvalue weighted by molar-refractivity contribution is -0.137. The molecule has 254 valence electrons. The number of alkyl halides is 3. The minimum atomic E-state index is -4.64. The monoisotopic (exact) mass is 662 g/mol. The fourth-order valence-electron chi connectivity index (χ4n) is 7.11. The molecular weight excluding hydrogens is 621 g/mol. The van der Waals surface area contributed by atoms with Crippen molar-refractivity contribution in [3.05, 3.63) is 76.2 Å². The number of hydrogen-bond acceptors (Lipinski definition) is 8. The zero-order valence-electron chi connectivity index (χ0n) is 27.1. The average molecular weight is 663 g/mol. The van der Waals surface area contributed by atoms with Crippen LogP contribution in [0.5, 0.6) is 5.75 Å². The number of piperidine rings is 1. The molecule has 0 amide bonds. The van der Waals surface area contributed by atoms with Crippen LogP contribution in [-0.4, -0.2) is 72.0 Å². The van der Waals surface area contributed by atoms with E-state index in [0.717, 1.165) is 63.2 Å². The molecule has 2 aromatic carbocycles. The number of pyridine rings is 1. The van der Waals surface area contributed by atoms with Crippen LogP contribution < -0.4 is 20.9 Å². The molecule has 2 aromatic heterocycles. The minimum absolute atomic E-state index is 0.00869. The van der Waals surface area contributed by atoms with Crippen molar-refractivity contribution in [2.45, 2.75) is 56.8 Å². The number of hydrogen-bond donors (Lipinski definition) is 2. The molecule has 0 bridgehead atoms. The molecule has 0 radical (unpaired) electrons. The molecule has 9 nitrogen and oxygen atoms in total. The Labute approximate surface area is 277 Å². The number of halogens is 3. The SMILES string of the molecule is CN1CCC(c2ccc(-c3cc4cnc(Nc5ccc(OC6CCNCC6)cc5)nc4n(CC4CCOCC4)c3=O)c(C(F)(F)F)c2)C1. The predicted molar refractivity (Wildman–Crippen MR) is 179 cm³/mol. The van der Waals surface area contributed by atoms with Crippen molar-refractivity contribution in [2.75, 3.05) is 51.8 Å². The highest BCUT2D eigenvalue weighted by atomic mass is 19.4. The van der Waals surface area contributed by atoms with Crippen LogP contribution in [0.1, 0.15) is 49.1 Å². The first kappa shape index (κ1) is 32.5. The van der Waals surface area contributed by atoms with Crippen LogP contribution in [0.3, 0.4) is 0 Å². The summed E-state index contributed by atoms with van der Waals surface area (Å²) in [6, 6.07) is 13.5. The molecule has 1 atom stereocenters. The van der Waals surface area contributed by atoms with Gasteiger partial charge in [0.05, 0.1) is 5.56 Å². The van der Waals surface area contributed by atoms with E-state index in [4.69, 9.17) is 14.5 Å². The van der Waals surface area contributed by atoms with Gasteiger partial charge in [-0.3, -0.25) is 9.36 Å². The Balaban J connectivity index is 1.24. The molecule has 0 saturated carbocycles. The summed E-state index contributed by atoms with van der Waals surface area (Å²) in [5.74, 6) is 1.21. The smallest absolute Gasteiger partial charge is 0.417 e. The topological polar surface area (TPSA) is 93.5 Å². The van der Waals surface area contributed by atoms with Crippen molar-refractivity contribution in [1.29, 1.82) is 0 Å². The number of benzene rings is 2. The number of aromatic nitrogens is 3. The molecular formula is C36H41F3N6O3. The van der Waals surface area contributed by atoms with Gasteiger partial charge in [-0.25, -0.2) is 4.98 Å². The van der Waals surface area contributed by atoms with Crippen molar-refractivity contribution in [3.8, 4) is 16.9 Å². The third kappa shape index (κ3) is 7.20. The van der Waals surface area contributed by atoms with E-state index < -0.39 is 17.3 Å². The number of ether oxygens (including phenoxy) is 2. The van der Waals surface area contributed by atoms with Crippen molar-refractivity contribution < 1.29 is 22.6 Å². The summed E-state index contributed by atoms with van der Waals surface area (Å²) < 4.78 is 57.0. The molecule has 48 heavy (non-hydrogen) atoms. The first-order valence-electron chi connectivity index (χ1n) is 16.8. The van der Waals surface area contributed by atoms with Gasteiger partial charge in [0.15, 0.2) is 0 Å². The van der Waals surface area contributed by atoms with Crippen LogP contribution in [0.15, 0.2) is 59.5 Å². The maximum atomic E-state index is 14.6. The summed E-state index contributed by atoms with van der Waals surface area (Å²) in [5, 5.41) is 7.04. The standard InChI is InChI=1S/C36H41F3N6O3/c1-44-15-10-25(22-44)24-2-7-30(32(19-24)36(37,38)39)31-18-26-20-41-35(43-33(26)45(34(31)46)21-23-11-16-47-17-12-23)42-27-3-5-28(6-4-27)48-29-8-13-40-14-9-29/h2-7,18-20,23,25,29,40H,8-17,21-22H2,1H3,(H,41,42,43). The molecule has 3 aliphatic rings. The van der Waals surface area contributed by atoms with Crippen molar-refractivity contribution >= 4 is 22.7 Å². The van der Waals surface area contributed by atoms with E-state index in [-0.39, 0.29) is 35.0 Å². The van der Waals surface area contributed by atoms with Gasteiger partial charge in [0.2, 0.25) is 5.95 Å². The molecule has 7 rings (SSSR count). The highest BCUT2D eigenvalue weighted by Gasteiger charge is 2.36. The third-order valence-corrected chi connectivity index (χ3v) is 9.81. The van der Waals surface area contributed by atoms with Crippen LogP contribution in [0.25, 0.3) is 22.2 Å². The zero-order chi connectivity index (χ0) is 33.3. The maximum absolute atomic E-state index is 14.6. The summed E-state index contributed by atoms with van der Waals surface area (Å²) >= 11 is 0. The summed E-state index contributed by atoms with van der Waals surface area (Å²) in [4.78, 5) is 25.6.